The van der Waals surface area contributed by atoms with Gasteiger partial charge < -0.3 is 5.11 Å². The van der Waals surface area contributed by atoms with Gasteiger partial charge in [0.25, 0.3) is 0 Å². The van der Waals surface area contributed by atoms with Crippen molar-refractivity contribution in [3.63, 3.8) is 0 Å². The van der Waals surface area contributed by atoms with E-state index >= 15 is 0 Å². The third-order valence-electron chi connectivity index (χ3n) is 3.11. The summed E-state index contributed by atoms with van der Waals surface area (Å²) in [5.74, 6) is 0.307. The van der Waals surface area contributed by atoms with Crippen molar-refractivity contribution in [1.29, 1.82) is 0 Å². The number of phenolic OH excluding ortho intramolecular Hbond substituents is 1. The topological polar surface area (TPSA) is 37.3 Å². The van der Waals surface area contributed by atoms with Crippen molar-refractivity contribution in [3.8, 4) is 5.75 Å². The number of benzene rings is 1. The van der Waals surface area contributed by atoms with Crippen LogP contribution in [0.4, 0.5) is 0 Å². The molecule has 17 heavy (non-hydrogen) atoms. The van der Waals surface area contributed by atoms with E-state index in [1.807, 2.05) is 27.7 Å². The van der Waals surface area contributed by atoms with Gasteiger partial charge in [0.2, 0.25) is 0 Å². The van der Waals surface area contributed by atoms with Crippen molar-refractivity contribution in [3.05, 3.63) is 40.0 Å². The summed E-state index contributed by atoms with van der Waals surface area (Å²) >= 11 is 0. The first kappa shape index (κ1) is 13.5. The molecule has 0 aliphatic rings. The van der Waals surface area contributed by atoms with Gasteiger partial charge >= 0.3 is 0 Å². The van der Waals surface area contributed by atoms with Gasteiger partial charge in [-0.25, -0.2) is 0 Å². The zero-order valence-electron chi connectivity index (χ0n) is 11.0. The minimum atomic E-state index is 0.307. The van der Waals surface area contributed by atoms with Gasteiger partial charge in [0.1, 0.15) is 12.0 Å². The molecule has 0 bridgehead atoms. The molecule has 0 radical (unpaired) electrons. The van der Waals surface area contributed by atoms with Gasteiger partial charge in [0.05, 0.1) is 0 Å². The van der Waals surface area contributed by atoms with Crippen molar-refractivity contribution in [1.82, 2.24) is 0 Å². The smallest absolute Gasteiger partial charge is 0.145 e. The van der Waals surface area contributed by atoms with Crippen LogP contribution in [0.2, 0.25) is 0 Å². The van der Waals surface area contributed by atoms with E-state index in [2.05, 4.69) is 0 Å². The Morgan fingerprint density at radius 1 is 1.24 bits per heavy atom. The van der Waals surface area contributed by atoms with E-state index in [4.69, 9.17) is 0 Å². The lowest BCUT2D eigenvalue weighted by molar-refractivity contribution is -0.105. The van der Waals surface area contributed by atoms with Gasteiger partial charge in [-0.05, 0) is 74.9 Å². The van der Waals surface area contributed by atoms with E-state index in [0.717, 1.165) is 41.4 Å². The van der Waals surface area contributed by atoms with E-state index < -0.39 is 0 Å². The molecule has 0 aliphatic heterocycles. The fraction of sp³-hybridized carbons (Fsp3) is 0.400. The Bertz CT molecular complexity index is 429. The third-order valence-corrected chi connectivity index (χ3v) is 3.11. The van der Waals surface area contributed by atoms with E-state index in [9.17, 15) is 9.90 Å². The predicted octanol–water partition coefficient (Wildman–Crippen LogP) is 3.48. The summed E-state index contributed by atoms with van der Waals surface area (Å²) in [6, 6.07) is 3.54. The van der Waals surface area contributed by atoms with Crippen LogP contribution in [0.5, 0.6) is 5.75 Å². The largest absolute Gasteiger partial charge is 0.508 e. The van der Waals surface area contributed by atoms with Crippen LogP contribution < -0.4 is 0 Å². The zero-order valence-corrected chi connectivity index (χ0v) is 11.0. The Kier molecular flexibility index (Phi) is 4.50. The minimum Gasteiger partial charge on any atom is -0.508 e. The molecular weight excluding hydrogens is 212 g/mol. The maximum absolute atomic E-state index is 10.9. The van der Waals surface area contributed by atoms with Crippen LogP contribution in [0.1, 0.15) is 37.0 Å². The minimum absolute atomic E-state index is 0.307. The lowest BCUT2D eigenvalue weighted by Gasteiger charge is -2.11. The second kappa shape index (κ2) is 5.67. The zero-order chi connectivity index (χ0) is 13.0. The molecule has 92 valence electrons. The number of phenols is 1. The quantitative estimate of drug-likeness (QED) is 0.637. The first-order chi connectivity index (χ1) is 7.95. The van der Waals surface area contributed by atoms with Gasteiger partial charge in [-0.1, -0.05) is 5.57 Å². The first-order valence-electron chi connectivity index (χ1n) is 5.86. The van der Waals surface area contributed by atoms with Crippen molar-refractivity contribution in [2.75, 3.05) is 0 Å². The maximum Gasteiger partial charge on any atom is 0.145 e. The van der Waals surface area contributed by atoms with Crippen molar-refractivity contribution < 1.29 is 9.90 Å². The highest BCUT2D eigenvalue weighted by Crippen LogP contribution is 2.23. The molecule has 0 amide bonds. The number of rotatable bonds is 4. The second-order valence-electron chi connectivity index (χ2n) is 4.70. The molecule has 0 spiro atoms. The fourth-order valence-electron chi connectivity index (χ4n) is 2.05. The average molecular weight is 232 g/mol. The van der Waals surface area contributed by atoms with Crippen LogP contribution in [-0.2, 0) is 11.2 Å². The molecule has 0 saturated heterocycles. The van der Waals surface area contributed by atoms with Crippen molar-refractivity contribution in [2.24, 2.45) is 0 Å². The first-order valence-corrected chi connectivity index (χ1v) is 5.86. The standard InChI is InChI=1S/C15H20O2/c1-10(2)13(9-16)5-6-15-11(3)7-14(17)8-12(15)4/h7-9,17H,5-6H2,1-4H3. The molecule has 2 nitrogen and oxygen atoms in total. The number of allylic oxidation sites excluding steroid dienone is 2. The molecule has 1 N–H and O–H groups in total. The van der Waals surface area contributed by atoms with Crippen LogP contribution in [0, 0.1) is 13.8 Å². The Labute approximate surface area is 103 Å². The molecule has 0 atom stereocenters. The number of carbonyl (C=O) groups excluding carboxylic acids is 1. The van der Waals surface area contributed by atoms with Crippen LogP contribution in [0.25, 0.3) is 0 Å². The summed E-state index contributed by atoms with van der Waals surface area (Å²) in [7, 11) is 0. The summed E-state index contributed by atoms with van der Waals surface area (Å²) in [5, 5.41) is 9.46. The molecule has 1 aromatic carbocycles. The van der Waals surface area contributed by atoms with Crippen LogP contribution in [0.3, 0.4) is 0 Å². The number of aromatic hydroxyl groups is 1. The highest BCUT2D eigenvalue weighted by atomic mass is 16.3. The molecule has 2 heteroatoms. The average Bonchev–Trinajstić information content (AvgIpc) is 2.21. The Morgan fingerprint density at radius 3 is 2.18 bits per heavy atom. The van der Waals surface area contributed by atoms with Crippen LogP contribution >= 0.6 is 0 Å². The maximum atomic E-state index is 10.9. The molecular formula is C15H20O2. The molecule has 1 aromatic rings. The second-order valence-corrected chi connectivity index (χ2v) is 4.70. The lowest BCUT2D eigenvalue weighted by atomic mass is 9.95. The normalized spacial score (nSPS) is 10.1. The highest BCUT2D eigenvalue weighted by molar-refractivity contribution is 5.74. The number of aldehydes is 1. The molecule has 0 aliphatic carbocycles. The summed E-state index contributed by atoms with van der Waals surface area (Å²) in [4.78, 5) is 10.9. The molecule has 0 saturated carbocycles. The molecule has 0 fully saturated rings. The Morgan fingerprint density at radius 2 is 1.76 bits per heavy atom. The molecule has 0 heterocycles. The third kappa shape index (κ3) is 3.45. The fourth-order valence-corrected chi connectivity index (χ4v) is 2.05. The van der Waals surface area contributed by atoms with Crippen LogP contribution in [0.15, 0.2) is 23.3 Å². The lowest BCUT2D eigenvalue weighted by Crippen LogP contribution is -1.97. The van der Waals surface area contributed by atoms with E-state index in [0.29, 0.717) is 5.75 Å². The number of hydrogen-bond donors (Lipinski definition) is 1. The van der Waals surface area contributed by atoms with Gasteiger partial charge in [-0.15, -0.1) is 0 Å². The molecule has 0 aromatic heterocycles. The van der Waals surface area contributed by atoms with Gasteiger partial charge in [-0.3, -0.25) is 4.79 Å². The van der Waals surface area contributed by atoms with Crippen LogP contribution in [-0.4, -0.2) is 11.4 Å². The number of carbonyl (C=O) groups is 1. The van der Waals surface area contributed by atoms with Gasteiger partial charge in [0, 0.05) is 0 Å². The Hall–Kier alpha value is -1.57. The van der Waals surface area contributed by atoms with Crippen molar-refractivity contribution in [2.45, 2.75) is 40.5 Å². The van der Waals surface area contributed by atoms with Gasteiger partial charge in [0.15, 0.2) is 0 Å². The molecule has 1 rings (SSSR count). The number of hydrogen-bond acceptors (Lipinski definition) is 2. The monoisotopic (exact) mass is 232 g/mol. The summed E-state index contributed by atoms with van der Waals surface area (Å²) in [5.41, 5.74) is 5.34. The predicted molar refractivity (Wildman–Crippen MR) is 70.3 cm³/mol. The summed E-state index contributed by atoms with van der Waals surface area (Å²) in [6.45, 7) is 7.90. The van der Waals surface area contributed by atoms with Gasteiger partial charge in [-0.2, -0.15) is 0 Å². The summed E-state index contributed by atoms with van der Waals surface area (Å²) in [6.07, 6.45) is 2.55. The Balaban J connectivity index is 2.90. The van der Waals surface area contributed by atoms with Crippen molar-refractivity contribution >= 4 is 6.29 Å². The van der Waals surface area contributed by atoms with E-state index in [1.54, 1.807) is 12.1 Å². The SMILES string of the molecule is CC(C)=C(C=O)CCc1c(C)cc(O)cc1C. The van der Waals surface area contributed by atoms with E-state index in [1.165, 1.54) is 5.56 Å². The highest BCUT2D eigenvalue weighted by Gasteiger charge is 2.06. The van der Waals surface area contributed by atoms with E-state index in [-0.39, 0.29) is 0 Å². The summed E-state index contributed by atoms with van der Waals surface area (Å²) < 4.78 is 0. The number of aryl methyl sites for hydroxylation is 2. The molecule has 0 unspecified atom stereocenters.